The van der Waals surface area contributed by atoms with E-state index in [9.17, 15) is 4.79 Å². The van der Waals surface area contributed by atoms with Crippen molar-refractivity contribution in [1.82, 2.24) is 14.8 Å². The molecule has 1 aliphatic rings. The summed E-state index contributed by atoms with van der Waals surface area (Å²) in [6, 6.07) is 13.0. The summed E-state index contributed by atoms with van der Waals surface area (Å²) in [5.41, 5.74) is 2.29. The van der Waals surface area contributed by atoms with Crippen molar-refractivity contribution >= 4 is 27.5 Å². The van der Waals surface area contributed by atoms with E-state index in [0.717, 1.165) is 46.8 Å². The Kier molecular flexibility index (Phi) is 5.43. The monoisotopic (exact) mass is 440 g/mol. The van der Waals surface area contributed by atoms with E-state index >= 15 is 0 Å². The number of methoxy groups -OCH3 is 1. The predicted octanol–water partition coefficient (Wildman–Crippen LogP) is 4.69. The molecular weight excluding hydrogens is 420 g/mol. The van der Waals surface area contributed by atoms with Crippen LogP contribution in [0.4, 0.5) is 5.69 Å². The SMILES string of the molecule is COc1ccc(C(=O)Nc2ccc(-c3nnc4n3CCCCC4)cc2)cc1Br. The van der Waals surface area contributed by atoms with Gasteiger partial charge in [-0.05, 0) is 71.2 Å². The van der Waals surface area contributed by atoms with Crippen molar-refractivity contribution in [2.24, 2.45) is 0 Å². The number of hydrogen-bond donors (Lipinski definition) is 1. The summed E-state index contributed by atoms with van der Waals surface area (Å²) in [4.78, 5) is 12.5. The highest BCUT2D eigenvalue weighted by molar-refractivity contribution is 9.10. The fourth-order valence-electron chi connectivity index (χ4n) is 3.41. The third-order valence-electron chi connectivity index (χ3n) is 4.92. The van der Waals surface area contributed by atoms with Crippen LogP contribution < -0.4 is 10.1 Å². The highest BCUT2D eigenvalue weighted by Gasteiger charge is 2.16. The lowest BCUT2D eigenvalue weighted by Crippen LogP contribution is -2.12. The van der Waals surface area contributed by atoms with E-state index in [1.165, 1.54) is 12.8 Å². The Morgan fingerprint density at radius 2 is 1.93 bits per heavy atom. The number of rotatable bonds is 4. The van der Waals surface area contributed by atoms with E-state index in [4.69, 9.17) is 4.74 Å². The van der Waals surface area contributed by atoms with Crippen molar-refractivity contribution in [3.8, 4) is 17.1 Å². The number of hydrogen-bond acceptors (Lipinski definition) is 4. The number of anilines is 1. The van der Waals surface area contributed by atoms with Crippen LogP contribution in [0, 0.1) is 0 Å². The van der Waals surface area contributed by atoms with Gasteiger partial charge in [0.1, 0.15) is 11.6 Å². The molecule has 0 aliphatic carbocycles. The van der Waals surface area contributed by atoms with Crippen LogP contribution in [0.15, 0.2) is 46.9 Å². The van der Waals surface area contributed by atoms with Gasteiger partial charge in [-0.25, -0.2) is 0 Å². The number of fused-ring (bicyclic) bond motifs is 1. The molecule has 0 fully saturated rings. The maximum Gasteiger partial charge on any atom is 0.255 e. The number of aromatic nitrogens is 3. The zero-order valence-electron chi connectivity index (χ0n) is 15.6. The van der Waals surface area contributed by atoms with E-state index in [1.54, 1.807) is 25.3 Å². The smallest absolute Gasteiger partial charge is 0.255 e. The number of aryl methyl sites for hydroxylation is 1. The Bertz CT molecular complexity index is 998. The fourth-order valence-corrected chi connectivity index (χ4v) is 3.95. The molecule has 1 aromatic heterocycles. The summed E-state index contributed by atoms with van der Waals surface area (Å²) in [7, 11) is 1.59. The first-order chi connectivity index (χ1) is 13.7. The molecule has 6 nitrogen and oxygen atoms in total. The maximum atomic E-state index is 12.5. The average molecular weight is 441 g/mol. The van der Waals surface area contributed by atoms with E-state index in [1.807, 2.05) is 24.3 Å². The number of nitrogens with one attached hydrogen (secondary N) is 1. The predicted molar refractivity (Wildman–Crippen MR) is 112 cm³/mol. The summed E-state index contributed by atoms with van der Waals surface area (Å²) in [6.45, 7) is 0.961. The quantitative estimate of drug-likeness (QED) is 0.638. The fraction of sp³-hybridized carbons (Fsp3) is 0.286. The molecule has 1 N–H and O–H groups in total. The number of amides is 1. The molecule has 1 amide bonds. The van der Waals surface area contributed by atoms with Gasteiger partial charge in [0.2, 0.25) is 0 Å². The molecule has 144 valence electrons. The topological polar surface area (TPSA) is 69.0 Å². The molecule has 1 aliphatic heterocycles. The summed E-state index contributed by atoms with van der Waals surface area (Å²) < 4.78 is 8.16. The van der Waals surface area contributed by atoms with Gasteiger partial charge in [0, 0.05) is 29.8 Å². The largest absolute Gasteiger partial charge is 0.496 e. The van der Waals surface area contributed by atoms with Gasteiger partial charge in [0.15, 0.2) is 5.82 Å². The first kappa shape index (κ1) is 18.7. The Balaban J connectivity index is 1.50. The molecule has 0 unspecified atom stereocenters. The van der Waals surface area contributed by atoms with Gasteiger partial charge in [0.25, 0.3) is 5.91 Å². The summed E-state index contributed by atoms with van der Waals surface area (Å²) in [5, 5.41) is 11.7. The van der Waals surface area contributed by atoms with E-state index < -0.39 is 0 Å². The number of ether oxygens (including phenoxy) is 1. The van der Waals surface area contributed by atoms with Crippen molar-refractivity contribution in [2.45, 2.75) is 32.2 Å². The van der Waals surface area contributed by atoms with E-state index in [-0.39, 0.29) is 5.91 Å². The summed E-state index contributed by atoms with van der Waals surface area (Å²) >= 11 is 3.41. The third-order valence-corrected chi connectivity index (χ3v) is 5.54. The Hall–Kier alpha value is -2.67. The molecule has 0 saturated carbocycles. The average Bonchev–Trinajstić information content (AvgIpc) is 2.96. The summed E-state index contributed by atoms with van der Waals surface area (Å²) in [6.07, 6.45) is 4.54. The lowest BCUT2D eigenvalue weighted by atomic mass is 10.1. The Morgan fingerprint density at radius 1 is 1.11 bits per heavy atom. The van der Waals surface area contributed by atoms with Crippen LogP contribution in [-0.4, -0.2) is 27.8 Å². The van der Waals surface area contributed by atoms with Crippen LogP contribution >= 0.6 is 15.9 Å². The van der Waals surface area contributed by atoms with Crippen molar-refractivity contribution in [2.75, 3.05) is 12.4 Å². The van der Waals surface area contributed by atoms with Gasteiger partial charge in [0.05, 0.1) is 11.6 Å². The highest BCUT2D eigenvalue weighted by atomic mass is 79.9. The van der Waals surface area contributed by atoms with E-state index in [2.05, 4.69) is 36.0 Å². The van der Waals surface area contributed by atoms with Crippen LogP contribution in [0.25, 0.3) is 11.4 Å². The number of carbonyl (C=O) groups excluding carboxylic acids is 1. The zero-order valence-corrected chi connectivity index (χ0v) is 17.2. The van der Waals surface area contributed by atoms with Gasteiger partial charge < -0.3 is 14.6 Å². The molecule has 0 atom stereocenters. The van der Waals surface area contributed by atoms with Crippen molar-refractivity contribution < 1.29 is 9.53 Å². The highest BCUT2D eigenvalue weighted by Crippen LogP contribution is 2.27. The second-order valence-electron chi connectivity index (χ2n) is 6.78. The van der Waals surface area contributed by atoms with Gasteiger partial charge in [-0.3, -0.25) is 4.79 Å². The summed E-state index contributed by atoms with van der Waals surface area (Å²) in [5.74, 6) is 2.48. The van der Waals surface area contributed by atoms with Crippen molar-refractivity contribution in [3.63, 3.8) is 0 Å². The molecule has 28 heavy (non-hydrogen) atoms. The van der Waals surface area contributed by atoms with Crippen LogP contribution in [0.3, 0.4) is 0 Å². The number of halogens is 1. The molecule has 0 saturated heterocycles. The van der Waals surface area contributed by atoms with Crippen LogP contribution in [0.2, 0.25) is 0 Å². The molecule has 2 aromatic carbocycles. The molecule has 7 heteroatoms. The molecule has 0 bridgehead atoms. The maximum absolute atomic E-state index is 12.5. The zero-order chi connectivity index (χ0) is 19.5. The minimum Gasteiger partial charge on any atom is -0.496 e. The van der Waals surface area contributed by atoms with Gasteiger partial charge in [-0.1, -0.05) is 6.42 Å². The number of benzene rings is 2. The van der Waals surface area contributed by atoms with Crippen molar-refractivity contribution in [3.05, 3.63) is 58.3 Å². The normalized spacial score (nSPS) is 13.5. The molecule has 3 aromatic rings. The van der Waals surface area contributed by atoms with Crippen LogP contribution in [0.5, 0.6) is 5.75 Å². The lowest BCUT2D eigenvalue weighted by Gasteiger charge is -2.09. The van der Waals surface area contributed by atoms with E-state index in [0.29, 0.717) is 11.3 Å². The van der Waals surface area contributed by atoms with Gasteiger partial charge in [-0.15, -0.1) is 10.2 Å². The Morgan fingerprint density at radius 3 is 2.68 bits per heavy atom. The lowest BCUT2D eigenvalue weighted by molar-refractivity contribution is 0.102. The van der Waals surface area contributed by atoms with Crippen LogP contribution in [-0.2, 0) is 13.0 Å². The first-order valence-electron chi connectivity index (χ1n) is 9.33. The second-order valence-corrected chi connectivity index (χ2v) is 7.64. The number of nitrogens with zero attached hydrogens (tertiary/aromatic N) is 3. The molecule has 4 rings (SSSR count). The molecule has 0 radical (unpaired) electrons. The minimum atomic E-state index is -0.174. The second kappa shape index (κ2) is 8.14. The van der Waals surface area contributed by atoms with Gasteiger partial charge in [-0.2, -0.15) is 0 Å². The van der Waals surface area contributed by atoms with Crippen LogP contribution in [0.1, 0.15) is 35.4 Å². The molecule has 2 heterocycles. The molecule has 0 spiro atoms. The van der Waals surface area contributed by atoms with Crippen molar-refractivity contribution in [1.29, 1.82) is 0 Å². The minimum absolute atomic E-state index is 0.174. The third kappa shape index (κ3) is 3.80. The molecular formula is C21H21BrN4O2. The first-order valence-corrected chi connectivity index (χ1v) is 10.1. The van der Waals surface area contributed by atoms with Gasteiger partial charge >= 0.3 is 0 Å². The Labute approximate surface area is 172 Å². The number of carbonyl (C=O) groups is 1. The standard InChI is InChI=1S/C21H21BrN4O2/c1-28-18-11-8-15(13-17(18)22)21(27)23-16-9-6-14(7-10-16)20-25-24-19-5-3-2-4-12-26(19)20/h6-11,13H,2-5,12H2,1H3,(H,23,27).